The van der Waals surface area contributed by atoms with E-state index in [0.29, 0.717) is 0 Å². The third kappa shape index (κ3) is 2.39. The summed E-state index contributed by atoms with van der Waals surface area (Å²) in [4.78, 5) is 9.48. The third-order valence-electron chi connectivity index (χ3n) is 2.03. The van der Waals surface area contributed by atoms with Gasteiger partial charge < -0.3 is 9.67 Å². The highest BCUT2D eigenvalue weighted by molar-refractivity contribution is 7.98. The number of imidazole rings is 1. The van der Waals surface area contributed by atoms with E-state index in [1.54, 1.807) is 29.3 Å². The van der Waals surface area contributed by atoms with E-state index >= 15 is 0 Å². The molecule has 2 rings (SSSR count). The lowest BCUT2D eigenvalue weighted by Gasteiger charge is -2.02. The second-order valence-electron chi connectivity index (χ2n) is 3.01. The van der Waals surface area contributed by atoms with Crippen molar-refractivity contribution in [2.24, 2.45) is 7.05 Å². The fraction of sp³-hybridized carbons (Fsp3) is 0.333. The molecule has 0 atom stereocenters. The van der Waals surface area contributed by atoms with Crippen molar-refractivity contribution in [2.75, 3.05) is 0 Å². The summed E-state index contributed by atoms with van der Waals surface area (Å²) in [6, 6.07) is 0. The Morgan fingerprint density at radius 1 is 1.53 bits per heavy atom. The summed E-state index contributed by atoms with van der Waals surface area (Å²) in [7, 11) is 1.91. The predicted molar refractivity (Wildman–Crippen MR) is 60.8 cm³/mol. The Morgan fingerprint density at radius 2 is 2.40 bits per heavy atom. The zero-order valence-electron chi connectivity index (χ0n) is 8.25. The fourth-order valence-electron chi connectivity index (χ4n) is 1.16. The Balaban J connectivity index is 2.02. The lowest BCUT2D eigenvalue weighted by molar-refractivity contribution is 0.271. The SMILES string of the molecule is Cn1c(CO)cnc1SCc1cncs1. The van der Waals surface area contributed by atoms with Crippen LogP contribution in [0.25, 0.3) is 0 Å². The Bertz CT molecular complexity index is 425. The zero-order valence-corrected chi connectivity index (χ0v) is 9.88. The van der Waals surface area contributed by atoms with Crippen molar-refractivity contribution in [2.45, 2.75) is 17.5 Å². The maximum absolute atomic E-state index is 9.01. The van der Waals surface area contributed by atoms with Gasteiger partial charge in [-0.05, 0) is 0 Å². The molecule has 15 heavy (non-hydrogen) atoms. The molecule has 0 aromatic carbocycles. The van der Waals surface area contributed by atoms with E-state index in [4.69, 9.17) is 5.11 Å². The quantitative estimate of drug-likeness (QED) is 0.827. The molecule has 0 radical (unpaired) electrons. The second kappa shape index (κ2) is 4.78. The van der Waals surface area contributed by atoms with Crippen LogP contribution < -0.4 is 0 Å². The number of thiazole rings is 1. The smallest absolute Gasteiger partial charge is 0.168 e. The second-order valence-corrected chi connectivity index (χ2v) is 4.92. The standard InChI is InChI=1S/C9H11N3OS2/c1-12-7(4-13)2-11-9(12)14-5-8-3-10-6-15-8/h2-3,6,13H,4-5H2,1H3. The number of aliphatic hydroxyl groups excluding tert-OH is 1. The molecule has 0 aliphatic rings. The Kier molecular flexibility index (Phi) is 3.40. The largest absolute Gasteiger partial charge is 0.390 e. The molecule has 0 unspecified atom stereocenters. The van der Waals surface area contributed by atoms with Crippen LogP contribution in [0.15, 0.2) is 23.1 Å². The van der Waals surface area contributed by atoms with Gasteiger partial charge in [-0.25, -0.2) is 4.98 Å². The van der Waals surface area contributed by atoms with E-state index < -0.39 is 0 Å². The number of aromatic nitrogens is 3. The molecule has 0 fully saturated rings. The first-order valence-corrected chi connectivity index (χ1v) is 6.29. The predicted octanol–water partition coefficient (Wildman–Crippen LogP) is 1.66. The summed E-state index contributed by atoms with van der Waals surface area (Å²) in [6.07, 6.45) is 3.57. The minimum Gasteiger partial charge on any atom is -0.390 e. The minimum absolute atomic E-state index is 0.0324. The fourth-order valence-corrected chi connectivity index (χ4v) is 2.77. The van der Waals surface area contributed by atoms with Crippen LogP contribution in [0.2, 0.25) is 0 Å². The van der Waals surface area contributed by atoms with Crippen molar-refractivity contribution >= 4 is 23.1 Å². The zero-order chi connectivity index (χ0) is 10.7. The molecule has 0 aliphatic carbocycles. The number of rotatable bonds is 4. The molecule has 1 N–H and O–H groups in total. The Morgan fingerprint density at radius 3 is 3.00 bits per heavy atom. The molecule has 0 amide bonds. The number of aliphatic hydroxyl groups is 1. The molecule has 0 saturated carbocycles. The highest BCUT2D eigenvalue weighted by Crippen LogP contribution is 2.23. The monoisotopic (exact) mass is 241 g/mol. The van der Waals surface area contributed by atoms with Crippen LogP contribution in [0.1, 0.15) is 10.6 Å². The average Bonchev–Trinajstić information content (AvgIpc) is 2.85. The molecule has 80 valence electrons. The lowest BCUT2D eigenvalue weighted by atomic mass is 10.5. The molecule has 4 nitrogen and oxygen atoms in total. The maximum Gasteiger partial charge on any atom is 0.168 e. The van der Waals surface area contributed by atoms with Crippen molar-refractivity contribution in [1.82, 2.24) is 14.5 Å². The van der Waals surface area contributed by atoms with E-state index in [9.17, 15) is 0 Å². The lowest BCUT2D eigenvalue weighted by Crippen LogP contribution is -1.97. The molecule has 0 bridgehead atoms. The average molecular weight is 241 g/mol. The van der Waals surface area contributed by atoms with Gasteiger partial charge in [-0.3, -0.25) is 4.98 Å². The van der Waals surface area contributed by atoms with Gasteiger partial charge >= 0.3 is 0 Å². The first-order valence-electron chi connectivity index (χ1n) is 4.43. The number of thioether (sulfide) groups is 1. The normalized spacial score (nSPS) is 10.8. The molecule has 0 spiro atoms. The van der Waals surface area contributed by atoms with E-state index in [-0.39, 0.29) is 6.61 Å². The first kappa shape index (κ1) is 10.7. The first-order chi connectivity index (χ1) is 7.31. The van der Waals surface area contributed by atoms with Crippen molar-refractivity contribution in [3.63, 3.8) is 0 Å². The highest BCUT2D eigenvalue weighted by atomic mass is 32.2. The molecule has 2 aromatic heterocycles. The number of nitrogens with zero attached hydrogens (tertiary/aromatic N) is 3. The summed E-state index contributed by atoms with van der Waals surface area (Å²) in [5.74, 6) is 0.875. The summed E-state index contributed by atoms with van der Waals surface area (Å²) in [5, 5.41) is 9.93. The molecule has 0 saturated heterocycles. The summed E-state index contributed by atoms with van der Waals surface area (Å²) >= 11 is 3.29. The maximum atomic E-state index is 9.01. The van der Waals surface area contributed by atoms with Gasteiger partial charge in [-0.1, -0.05) is 11.8 Å². The van der Waals surface area contributed by atoms with Gasteiger partial charge in [0.25, 0.3) is 0 Å². The van der Waals surface area contributed by atoms with Crippen LogP contribution >= 0.6 is 23.1 Å². The van der Waals surface area contributed by atoms with Gasteiger partial charge in [-0.15, -0.1) is 11.3 Å². The van der Waals surface area contributed by atoms with Crippen LogP contribution in [-0.4, -0.2) is 19.6 Å². The van der Waals surface area contributed by atoms with Crippen LogP contribution in [0.4, 0.5) is 0 Å². The molecule has 2 heterocycles. The van der Waals surface area contributed by atoms with Crippen molar-refractivity contribution in [3.8, 4) is 0 Å². The van der Waals surface area contributed by atoms with Crippen LogP contribution in [0.3, 0.4) is 0 Å². The van der Waals surface area contributed by atoms with Gasteiger partial charge in [0.1, 0.15) is 0 Å². The van der Waals surface area contributed by atoms with Crippen molar-refractivity contribution in [1.29, 1.82) is 0 Å². The Labute approximate surface area is 96.0 Å². The molecular weight excluding hydrogens is 230 g/mol. The van der Waals surface area contributed by atoms with Crippen LogP contribution in [-0.2, 0) is 19.4 Å². The van der Waals surface area contributed by atoms with Crippen LogP contribution in [0, 0.1) is 0 Å². The van der Waals surface area contributed by atoms with E-state index in [1.165, 1.54) is 4.88 Å². The van der Waals surface area contributed by atoms with E-state index in [1.807, 2.05) is 23.3 Å². The topological polar surface area (TPSA) is 50.9 Å². The molecular formula is C9H11N3OS2. The Hall–Kier alpha value is -0.850. The van der Waals surface area contributed by atoms with Gasteiger partial charge in [0.2, 0.25) is 0 Å². The van der Waals surface area contributed by atoms with Gasteiger partial charge in [0, 0.05) is 23.9 Å². The molecule has 0 aliphatic heterocycles. The van der Waals surface area contributed by atoms with Gasteiger partial charge in [0.15, 0.2) is 5.16 Å². The highest BCUT2D eigenvalue weighted by Gasteiger charge is 2.06. The van der Waals surface area contributed by atoms with Crippen molar-refractivity contribution < 1.29 is 5.11 Å². The van der Waals surface area contributed by atoms with E-state index in [0.717, 1.165) is 16.6 Å². The molecule has 2 aromatic rings. The van der Waals surface area contributed by atoms with Crippen molar-refractivity contribution in [3.05, 3.63) is 28.5 Å². The van der Waals surface area contributed by atoms with Gasteiger partial charge in [0.05, 0.1) is 24.0 Å². The third-order valence-corrected chi connectivity index (χ3v) is 4.09. The number of hydrogen-bond acceptors (Lipinski definition) is 5. The van der Waals surface area contributed by atoms with Gasteiger partial charge in [-0.2, -0.15) is 0 Å². The van der Waals surface area contributed by atoms with Crippen LogP contribution in [0.5, 0.6) is 0 Å². The summed E-state index contributed by atoms with van der Waals surface area (Å²) in [6.45, 7) is 0.0324. The number of hydrogen-bond donors (Lipinski definition) is 1. The summed E-state index contributed by atoms with van der Waals surface area (Å²) in [5.41, 5.74) is 2.66. The molecule has 6 heteroatoms. The summed E-state index contributed by atoms with van der Waals surface area (Å²) < 4.78 is 1.91. The van der Waals surface area contributed by atoms with E-state index in [2.05, 4.69) is 9.97 Å². The minimum atomic E-state index is 0.0324.